The molecule has 1 aliphatic heterocycles. The number of azide groups is 2. The van der Waals surface area contributed by atoms with E-state index in [4.69, 9.17) is 39.6 Å². The molecule has 1 aromatic carbocycles. The van der Waals surface area contributed by atoms with Gasteiger partial charge in [0.15, 0.2) is 6.23 Å². The van der Waals surface area contributed by atoms with Crippen LogP contribution in [-0.4, -0.2) is 128 Å². The molecule has 5 unspecified atom stereocenters. The minimum absolute atomic E-state index is 0.0934. The number of nitrogens with zero attached hydrogens (tertiary/aromatic N) is 7. The van der Waals surface area contributed by atoms with E-state index in [2.05, 4.69) is 61.0 Å². The van der Waals surface area contributed by atoms with Crippen LogP contribution in [0.5, 0.6) is 5.75 Å². The van der Waals surface area contributed by atoms with Crippen LogP contribution < -0.4 is 31.9 Å². The van der Waals surface area contributed by atoms with Gasteiger partial charge in [-0.2, -0.15) is 4.31 Å². The number of nitrogens with one attached hydrogen (secondary N) is 4. The third-order valence-corrected chi connectivity index (χ3v) is 11.6. The number of hydrogen-bond donors (Lipinski definition) is 7. The Morgan fingerprint density at radius 2 is 1.87 bits per heavy atom. The second-order valence-electron chi connectivity index (χ2n) is 12.2. The lowest BCUT2D eigenvalue weighted by molar-refractivity contribution is -0.126. The van der Waals surface area contributed by atoms with Gasteiger partial charge in [-0.25, -0.2) is 18.2 Å². The summed E-state index contributed by atoms with van der Waals surface area (Å²) < 4.78 is 76.4. The monoisotopic (exact) mass is 937 g/mol. The van der Waals surface area contributed by atoms with Gasteiger partial charge >= 0.3 is 28.9 Å². The molecule has 0 spiro atoms. The van der Waals surface area contributed by atoms with Crippen LogP contribution in [-0.2, 0) is 50.6 Å². The first kappa shape index (κ1) is 51.4. The molecule has 29 nitrogen and oxygen atoms in total. The molecular weight excluding hydrogens is 895 g/mol. The molecule has 1 saturated heterocycles. The zero-order valence-corrected chi connectivity index (χ0v) is 35.4. The minimum atomic E-state index is -5.59. The predicted octanol–water partition coefficient (Wildman–Crippen LogP) is 0.708. The number of carbonyl (C=O) groups is 2. The van der Waals surface area contributed by atoms with Crippen LogP contribution >= 0.6 is 23.2 Å². The highest BCUT2D eigenvalue weighted by Gasteiger charge is 2.43. The molecule has 1 aliphatic rings. The Bertz CT molecular complexity index is 2290. The maximum absolute atomic E-state index is 12.7. The molecule has 7 N–H and O–H groups in total. The second-order valence-corrected chi connectivity index (χ2v) is 17.2. The van der Waals surface area contributed by atoms with E-state index in [1.807, 2.05) is 4.98 Å². The second kappa shape index (κ2) is 25.2. The molecule has 0 saturated carbocycles. The maximum atomic E-state index is 12.7. The number of likely N-dealkylation sites (N-methyl/N-ethyl adjacent to an activating group) is 1. The fourth-order valence-corrected chi connectivity index (χ4v) is 8.37. The number of aromatic nitrogens is 2. The number of phosphoric ester groups is 1. The molecule has 1 fully saturated rings. The van der Waals surface area contributed by atoms with Crippen LogP contribution in [0.25, 0.3) is 20.9 Å². The largest absolute Gasteiger partial charge is 0.491 e. The molecule has 7 atom stereocenters. The molecule has 2 amide bonds. The van der Waals surface area contributed by atoms with Crippen LogP contribution in [0, 0.1) is 11.8 Å². The number of benzene rings is 1. The van der Waals surface area contributed by atoms with Crippen molar-refractivity contribution in [3.8, 4) is 17.6 Å². The van der Waals surface area contributed by atoms with E-state index in [1.54, 1.807) is 25.2 Å². The summed E-state index contributed by atoms with van der Waals surface area (Å²) in [5, 5.41) is 14.8. The van der Waals surface area contributed by atoms with Gasteiger partial charge in [0, 0.05) is 47.8 Å². The lowest BCUT2D eigenvalue weighted by atomic mass is 10.2. The Kier molecular flexibility index (Phi) is 20.9. The number of amides is 2. The molecular formula is C30H42N11O18P3. The van der Waals surface area contributed by atoms with E-state index in [9.17, 15) is 42.7 Å². The number of aromatic amines is 1. The lowest BCUT2D eigenvalue weighted by Crippen LogP contribution is -2.34. The van der Waals surface area contributed by atoms with Gasteiger partial charge in [0.25, 0.3) is 11.5 Å². The van der Waals surface area contributed by atoms with Crippen molar-refractivity contribution in [1.82, 2.24) is 25.5 Å². The summed E-state index contributed by atoms with van der Waals surface area (Å²) in [4.78, 5) is 85.7. The first-order valence-corrected chi connectivity index (χ1v) is 22.7. The fraction of sp³-hybridized carbons (Fsp3) is 0.533. The molecule has 2 aromatic rings. The van der Waals surface area contributed by atoms with Crippen LogP contribution in [0.4, 0.5) is 0 Å². The van der Waals surface area contributed by atoms with Crippen LogP contribution in [0.1, 0.15) is 28.6 Å². The van der Waals surface area contributed by atoms with Gasteiger partial charge in [-0.15, -0.1) is 0 Å². The minimum Gasteiger partial charge on any atom is -0.491 e. The Morgan fingerprint density at radius 3 is 2.58 bits per heavy atom. The number of H-pyrrole nitrogens is 1. The Labute approximate surface area is 350 Å². The van der Waals surface area contributed by atoms with E-state index >= 15 is 0 Å². The molecule has 0 bridgehead atoms. The van der Waals surface area contributed by atoms with E-state index in [1.165, 1.54) is 6.07 Å². The normalized spacial score (nSPS) is 19.1. The smallest absolute Gasteiger partial charge is 0.488 e. The van der Waals surface area contributed by atoms with Gasteiger partial charge in [0.1, 0.15) is 43.6 Å². The Balaban J connectivity index is 1.50. The average molecular weight is 938 g/mol. The number of phosphoric acid groups is 2. The van der Waals surface area contributed by atoms with E-state index in [0.29, 0.717) is 31.1 Å². The van der Waals surface area contributed by atoms with E-state index < -0.39 is 85.0 Å². The van der Waals surface area contributed by atoms with Gasteiger partial charge < -0.3 is 54.3 Å². The first-order chi connectivity index (χ1) is 29.3. The molecule has 0 aliphatic carbocycles. The van der Waals surface area contributed by atoms with Crippen molar-refractivity contribution in [1.29, 1.82) is 0 Å². The molecule has 1 aromatic heterocycles. The molecule has 0 radical (unpaired) electrons. The third kappa shape index (κ3) is 19.0. The Morgan fingerprint density at radius 1 is 1.10 bits per heavy atom. The summed E-state index contributed by atoms with van der Waals surface area (Å²) >= 11 is 0. The number of hydrogen-bond acceptors (Lipinski definition) is 18. The summed E-state index contributed by atoms with van der Waals surface area (Å²) in [6.07, 6.45) is -4.01. The van der Waals surface area contributed by atoms with Gasteiger partial charge in [-0.1, -0.05) is 28.1 Å². The van der Waals surface area contributed by atoms with Crippen LogP contribution in [0.2, 0.25) is 0 Å². The van der Waals surface area contributed by atoms with Crippen LogP contribution in [0.3, 0.4) is 0 Å². The van der Waals surface area contributed by atoms with Crippen LogP contribution in [0.15, 0.2) is 50.3 Å². The van der Waals surface area contributed by atoms with Gasteiger partial charge in [0.05, 0.1) is 32.5 Å². The third-order valence-electron chi connectivity index (χ3n) is 7.43. The zero-order chi connectivity index (χ0) is 45.8. The summed E-state index contributed by atoms with van der Waals surface area (Å²) in [6, 6.07) is 6.36. The first-order valence-electron chi connectivity index (χ1n) is 17.7. The molecule has 340 valence electrons. The summed E-state index contributed by atoms with van der Waals surface area (Å²) in [5.41, 5.74) is 15.7. The number of rotatable bonds is 26. The topological polar surface area (TPSA) is 408 Å². The molecule has 62 heavy (non-hydrogen) atoms. The summed E-state index contributed by atoms with van der Waals surface area (Å²) in [7, 11) is -14.0. The average Bonchev–Trinajstić information content (AvgIpc) is 3.59. The quantitative estimate of drug-likeness (QED) is 0.0170. The maximum Gasteiger partial charge on any atom is 0.488 e. The van der Waals surface area contributed by atoms with Crippen molar-refractivity contribution in [2.75, 3.05) is 73.1 Å². The van der Waals surface area contributed by atoms with Crippen molar-refractivity contribution in [3.05, 3.63) is 83.3 Å². The molecule has 3 rings (SSSR count). The van der Waals surface area contributed by atoms with Crippen molar-refractivity contribution in [2.45, 2.75) is 31.1 Å². The number of ether oxygens (including phenoxy) is 5. The standard InChI is InChI=1S/C30H42N11O18P3/c1-33-9-10-35-28(43)20-5-3-7-22(13-20)54-18-26(38-40-32)53-12-11-52-17-25(42)34-8-4-6-21-15-41(30(45)37-29(21)44)27-14-23(55-19-36-39-31)24(57-27)16-56-61(48,49)59-62(50,51)58-60(2,46)47/h3,5,7,13,15,23-24,26-27,33H,8-12,14,16-19H2,1-2H3,(H,34,42)(H,35,43)(H,46,47)(H,48,49)(H,50,51)(H,37,44,45)/t23?,24-,26?,27-/m1/s1. The summed E-state index contributed by atoms with van der Waals surface area (Å²) in [5.74, 6) is 4.46. The highest BCUT2D eigenvalue weighted by molar-refractivity contribution is 7.68. The van der Waals surface area contributed by atoms with E-state index in [-0.39, 0.29) is 44.3 Å². The zero-order valence-electron chi connectivity index (χ0n) is 32.7. The lowest BCUT2D eigenvalue weighted by Gasteiger charge is -2.21. The Hall–Kier alpha value is -4.93. The van der Waals surface area contributed by atoms with E-state index in [0.717, 1.165) is 10.8 Å². The predicted molar refractivity (Wildman–Crippen MR) is 210 cm³/mol. The van der Waals surface area contributed by atoms with Crippen molar-refractivity contribution >= 4 is 35.1 Å². The number of carbonyl (C=O) groups excluding carboxylic acids is 2. The SMILES string of the molecule is CNCCNC(=O)c1cccc(OCC(N=[N+]=[N-])OCCOCC(=O)NCC#Cc2cn([C@H]3CC(OCN=[N+]=[N-])[C@@H](COP(=O)(O)OP(=O)(O)OP(C)(=O)O)O3)c(=O)[nH]c2=O)c1. The summed E-state index contributed by atoms with van der Waals surface area (Å²) in [6.45, 7) is -1.04. The van der Waals surface area contributed by atoms with Crippen molar-refractivity contribution in [3.63, 3.8) is 0 Å². The highest BCUT2D eigenvalue weighted by atomic mass is 31.3. The van der Waals surface area contributed by atoms with Crippen molar-refractivity contribution < 1.29 is 74.8 Å². The molecule has 32 heteroatoms. The fourth-order valence-electron chi connectivity index (χ4n) is 4.88. The highest BCUT2D eigenvalue weighted by Crippen LogP contribution is 2.66. The van der Waals surface area contributed by atoms with Gasteiger partial charge in [-0.3, -0.25) is 33.0 Å². The van der Waals surface area contributed by atoms with Gasteiger partial charge in [0.2, 0.25) is 5.91 Å². The molecule has 2 heterocycles. The van der Waals surface area contributed by atoms with Gasteiger partial charge in [-0.05, 0) is 36.3 Å². The van der Waals surface area contributed by atoms with Crippen molar-refractivity contribution in [2.24, 2.45) is 10.2 Å².